The van der Waals surface area contributed by atoms with Crippen molar-refractivity contribution in [3.63, 3.8) is 0 Å². The first-order valence-electron chi connectivity index (χ1n) is 24.0. The molecule has 0 saturated heterocycles. The van der Waals surface area contributed by atoms with Crippen LogP contribution in [0.25, 0.3) is 87.3 Å². The van der Waals surface area contributed by atoms with Crippen LogP contribution in [0.15, 0.2) is 267 Å². The minimum atomic E-state index is 1.06. The average molecular weight is 893 g/mol. The van der Waals surface area contributed by atoms with E-state index >= 15 is 0 Å². The van der Waals surface area contributed by atoms with Gasteiger partial charge in [-0.1, -0.05) is 158 Å². The molecule has 14 aromatic rings. The van der Waals surface area contributed by atoms with Gasteiger partial charge in [0, 0.05) is 66.7 Å². The van der Waals surface area contributed by atoms with E-state index in [-0.39, 0.29) is 0 Å². The van der Waals surface area contributed by atoms with Gasteiger partial charge in [-0.05, 0) is 136 Å². The number of rotatable bonds is 8. The van der Waals surface area contributed by atoms with E-state index in [0.717, 1.165) is 50.9 Å². The molecule has 0 aliphatic heterocycles. The molecule has 14 rings (SSSR count). The van der Waals surface area contributed by atoms with Gasteiger partial charge in [-0.15, -0.1) is 0 Å². The lowest BCUT2D eigenvalue weighted by Gasteiger charge is -2.31. The van der Waals surface area contributed by atoms with Crippen LogP contribution in [0.2, 0.25) is 0 Å². The summed E-state index contributed by atoms with van der Waals surface area (Å²) in [6.45, 7) is 0. The number of hydrogen-bond donors (Lipinski definition) is 0. The van der Waals surface area contributed by atoms with Crippen molar-refractivity contribution in [3.05, 3.63) is 267 Å². The second kappa shape index (κ2) is 16.2. The number of fused-ring (bicyclic) bond motifs is 11. The van der Waals surface area contributed by atoms with Gasteiger partial charge >= 0.3 is 0 Å². The lowest BCUT2D eigenvalue weighted by molar-refractivity contribution is 1.18. The molecule has 0 fully saturated rings. The molecule has 4 nitrogen and oxygen atoms in total. The highest BCUT2D eigenvalue weighted by Crippen LogP contribution is 2.49. The molecule has 0 radical (unpaired) electrons. The first kappa shape index (κ1) is 39.8. The van der Waals surface area contributed by atoms with Crippen LogP contribution in [-0.4, -0.2) is 9.13 Å². The number of nitrogens with zero attached hydrogens (tertiary/aromatic N) is 4. The predicted octanol–water partition coefficient (Wildman–Crippen LogP) is 18.3. The summed E-state index contributed by atoms with van der Waals surface area (Å²) in [7, 11) is 0. The molecular formula is C66H44N4. The molecule has 70 heavy (non-hydrogen) atoms. The highest BCUT2D eigenvalue weighted by molar-refractivity contribution is 6.23. The standard InChI is InChI=1S/C66H44N4/c1-5-20-47(21-6-1)67(51-35-39-63-59(42-51)56-29-15-17-31-61(56)69(63)49-24-9-3-10-25-49)53-41-46-34-37-55-54-28-14-13-19-45(54)33-38-58(55)66(46)65(44-53)68(48-22-7-2-8-23-48)52-36-40-64-60(43-52)57-30-16-18-32-62(57)70(64)50-26-11-4-12-27-50/h1-44H. The van der Waals surface area contributed by atoms with E-state index < -0.39 is 0 Å². The molecule has 12 aromatic carbocycles. The van der Waals surface area contributed by atoms with Gasteiger partial charge < -0.3 is 18.9 Å². The number of benzene rings is 12. The number of aromatic nitrogens is 2. The molecule has 0 atom stereocenters. The van der Waals surface area contributed by atoms with E-state index in [1.807, 2.05) is 0 Å². The summed E-state index contributed by atoms with van der Waals surface area (Å²) in [6.07, 6.45) is 0. The van der Waals surface area contributed by atoms with Crippen LogP contribution >= 0.6 is 0 Å². The fourth-order valence-electron chi connectivity index (χ4n) is 11.2. The Bertz CT molecular complexity index is 4290. The number of para-hydroxylation sites is 6. The summed E-state index contributed by atoms with van der Waals surface area (Å²) < 4.78 is 4.78. The minimum Gasteiger partial charge on any atom is -0.310 e. The summed E-state index contributed by atoms with van der Waals surface area (Å²) in [5.74, 6) is 0. The van der Waals surface area contributed by atoms with Crippen LogP contribution in [0.4, 0.5) is 34.1 Å². The van der Waals surface area contributed by atoms with Crippen molar-refractivity contribution in [3.8, 4) is 11.4 Å². The Hall–Kier alpha value is -9.38. The van der Waals surface area contributed by atoms with Crippen molar-refractivity contribution in [1.82, 2.24) is 9.13 Å². The SMILES string of the molecule is c1ccc(N(c2cc(N(c3ccccc3)c3ccc4c(c3)c3ccccc3n4-c3ccccc3)c3c(ccc4c5ccccc5ccc43)c2)c2ccc3c(c2)c2ccccc2n3-c2ccccc2)cc1. The predicted molar refractivity (Wildman–Crippen MR) is 297 cm³/mol. The van der Waals surface area contributed by atoms with Gasteiger partial charge in [0.1, 0.15) is 0 Å². The van der Waals surface area contributed by atoms with E-state index in [9.17, 15) is 0 Å². The van der Waals surface area contributed by atoms with Crippen molar-refractivity contribution >= 4 is 110 Å². The van der Waals surface area contributed by atoms with E-state index in [2.05, 4.69) is 286 Å². The molecule has 2 aromatic heterocycles. The van der Waals surface area contributed by atoms with Crippen molar-refractivity contribution < 1.29 is 0 Å². The highest BCUT2D eigenvalue weighted by Gasteiger charge is 2.24. The quantitative estimate of drug-likeness (QED) is 0.141. The zero-order valence-electron chi connectivity index (χ0n) is 38.2. The monoisotopic (exact) mass is 892 g/mol. The zero-order valence-corrected chi connectivity index (χ0v) is 38.2. The third-order valence-electron chi connectivity index (χ3n) is 14.2. The Balaban J connectivity index is 1.06. The number of hydrogen-bond acceptors (Lipinski definition) is 2. The van der Waals surface area contributed by atoms with Crippen molar-refractivity contribution in [2.45, 2.75) is 0 Å². The maximum atomic E-state index is 2.48. The highest BCUT2D eigenvalue weighted by atomic mass is 15.2. The molecule has 0 N–H and O–H groups in total. The maximum Gasteiger partial charge on any atom is 0.0567 e. The maximum absolute atomic E-state index is 2.48. The second-order valence-corrected chi connectivity index (χ2v) is 18.1. The summed E-state index contributed by atoms with van der Waals surface area (Å²) in [5.41, 5.74) is 13.4. The van der Waals surface area contributed by atoms with Crippen molar-refractivity contribution in [1.29, 1.82) is 0 Å². The average Bonchev–Trinajstić information content (AvgIpc) is 3.94. The Morgan fingerprint density at radius 3 is 1.26 bits per heavy atom. The summed E-state index contributed by atoms with van der Waals surface area (Å²) >= 11 is 0. The lowest BCUT2D eigenvalue weighted by atomic mass is 9.94. The Morgan fingerprint density at radius 2 is 0.671 bits per heavy atom. The molecule has 0 bridgehead atoms. The topological polar surface area (TPSA) is 16.3 Å². The molecule has 0 saturated carbocycles. The molecule has 328 valence electrons. The van der Waals surface area contributed by atoms with Crippen LogP contribution in [0, 0.1) is 0 Å². The first-order valence-corrected chi connectivity index (χ1v) is 24.0. The summed E-state index contributed by atoms with van der Waals surface area (Å²) in [4.78, 5) is 4.91. The van der Waals surface area contributed by atoms with Crippen molar-refractivity contribution in [2.24, 2.45) is 0 Å². The smallest absolute Gasteiger partial charge is 0.0567 e. The lowest BCUT2D eigenvalue weighted by Crippen LogP contribution is -2.14. The van der Waals surface area contributed by atoms with Crippen LogP contribution in [0.3, 0.4) is 0 Å². The third-order valence-corrected chi connectivity index (χ3v) is 14.2. The van der Waals surface area contributed by atoms with Gasteiger partial charge in [0.05, 0.1) is 27.8 Å². The molecule has 4 heteroatoms. The zero-order chi connectivity index (χ0) is 46.1. The van der Waals surface area contributed by atoms with Crippen LogP contribution in [-0.2, 0) is 0 Å². The Morgan fingerprint density at radius 1 is 0.229 bits per heavy atom. The minimum absolute atomic E-state index is 1.06. The molecule has 2 heterocycles. The molecule has 0 amide bonds. The van der Waals surface area contributed by atoms with Gasteiger partial charge in [0.2, 0.25) is 0 Å². The fraction of sp³-hybridized carbons (Fsp3) is 0. The van der Waals surface area contributed by atoms with Crippen molar-refractivity contribution in [2.75, 3.05) is 9.80 Å². The molecule has 0 aliphatic rings. The summed E-state index contributed by atoms with van der Waals surface area (Å²) in [6, 6.07) is 97.5. The first-order chi connectivity index (χ1) is 34.7. The summed E-state index contributed by atoms with van der Waals surface area (Å²) in [5, 5.41) is 12.1. The van der Waals surface area contributed by atoms with E-state index in [4.69, 9.17) is 0 Å². The Labute approximate surface area is 405 Å². The van der Waals surface area contributed by atoms with E-state index in [1.165, 1.54) is 70.5 Å². The molecule has 0 spiro atoms. The van der Waals surface area contributed by atoms with Crippen LogP contribution < -0.4 is 9.80 Å². The van der Waals surface area contributed by atoms with Crippen LogP contribution in [0.1, 0.15) is 0 Å². The third kappa shape index (κ3) is 6.31. The van der Waals surface area contributed by atoms with E-state index in [0.29, 0.717) is 0 Å². The molecule has 0 aliphatic carbocycles. The largest absolute Gasteiger partial charge is 0.310 e. The molecule has 0 unspecified atom stereocenters. The van der Waals surface area contributed by atoms with Gasteiger partial charge in [-0.3, -0.25) is 0 Å². The van der Waals surface area contributed by atoms with Gasteiger partial charge in [0.15, 0.2) is 0 Å². The van der Waals surface area contributed by atoms with Gasteiger partial charge in [-0.2, -0.15) is 0 Å². The second-order valence-electron chi connectivity index (χ2n) is 18.1. The fourth-order valence-corrected chi connectivity index (χ4v) is 11.2. The number of anilines is 6. The van der Waals surface area contributed by atoms with Gasteiger partial charge in [-0.25, -0.2) is 0 Å². The molecular weight excluding hydrogens is 849 g/mol. The Kier molecular flexibility index (Phi) is 9.17. The normalized spacial score (nSPS) is 11.7. The van der Waals surface area contributed by atoms with Crippen LogP contribution in [0.5, 0.6) is 0 Å². The van der Waals surface area contributed by atoms with Gasteiger partial charge in [0.25, 0.3) is 0 Å². The van der Waals surface area contributed by atoms with E-state index in [1.54, 1.807) is 0 Å².